The number of hydrogen-bond donors (Lipinski definition) is 1. The fourth-order valence-corrected chi connectivity index (χ4v) is 7.10. The van der Waals surface area contributed by atoms with Gasteiger partial charge in [0.05, 0.1) is 28.8 Å². The Morgan fingerprint density at radius 2 is 1.70 bits per heavy atom. The maximum atomic E-state index is 14.2. The third kappa shape index (κ3) is 6.55. The molecule has 43 heavy (non-hydrogen) atoms. The summed E-state index contributed by atoms with van der Waals surface area (Å²) < 4.78 is 42.3. The first kappa shape index (κ1) is 30.9. The standard InChI is InChI=1S/C33H42N4O5S/c1-19(2)14-26-18-41-31-23(7)30(29-21(5)10-8-11-22(29)6)34-33(35-31)36-43(39,40)28-13-9-12-24(15-28)32(38)37(26)25-16-27(17-25)42-20(3)4/h8-13,15,19-20,25-27H,14,16-18H2,1-7H3,(H,34,35,36)/t25?,26-,27?/m1/s1. The number of amides is 1. The smallest absolute Gasteiger partial charge is 0.264 e. The predicted octanol–water partition coefficient (Wildman–Crippen LogP) is 6.07. The summed E-state index contributed by atoms with van der Waals surface area (Å²) in [6.07, 6.45) is 2.30. The van der Waals surface area contributed by atoms with Crippen molar-refractivity contribution in [3.8, 4) is 17.1 Å². The quantitative estimate of drug-likeness (QED) is 0.362. The van der Waals surface area contributed by atoms with Crippen LogP contribution >= 0.6 is 0 Å². The van der Waals surface area contributed by atoms with Gasteiger partial charge >= 0.3 is 0 Å². The van der Waals surface area contributed by atoms with Gasteiger partial charge in [-0.1, -0.05) is 38.1 Å². The molecule has 1 aliphatic heterocycles. The first-order valence-corrected chi connectivity index (χ1v) is 16.5. The van der Waals surface area contributed by atoms with Gasteiger partial charge in [0, 0.05) is 22.7 Å². The van der Waals surface area contributed by atoms with Gasteiger partial charge in [-0.3, -0.25) is 4.79 Å². The lowest BCUT2D eigenvalue weighted by Gasteiger charge is -2.47. The van der Waals surface area contributed by atoms with Gasteiger partial charge in [-0.15, -0.1) is 0 Å². The number of sulfonamides is 1. The van der Waals surface area contributed by atoms with Gasteiger partial charge in [0.15, 0.2) is 0 Å². The van der Waals surface area contributed by atoms with E-state index < -0.39 is 10.0 Å². The lowest BCUT2D eigenvalue weighted by molar-refractivity contribution is -0.0800. The van der Waals surface area contributed by atoms with Crippen molar-refractivity contribution in [3.63, 3.8) is 0 Å². The number of anilines is 1. The Labute approximate surface area is 255 Å². The van der Waals surface area contributed by atoms with Gasteiger partial charge in [0.25, 0.3) is 15.9 Å². The van der Waals surface area contributed by atoms with E-state index in [1.54, 1.807) is 12.1 Å². The number of rotatable bonds is 6. The normalized spacial score (nSPS) is 21.7. The summed E-state index contributed by atoms with van der Waals surface area (Å²) in [5.74, 6) is 0.263. The predicted molar refractivity (Wildman–Crippen MR) is 167 cm³/mol. The third-order valence-electron chi connectivity index (χ3n) is 8.15. The molecule has 1 saturated carbocycles. The Bertz CT molecular complexity index is 1600. The molecule has 9 nitrogen and oxygen atoms in total. The molecule has 1 fully saturated rings. The molecule has 1 N–H and O–H groups in total. The number of nitrogens with one attached hydrogen (secondary N) is 1. The summed E-state index contributed by atoms with van der Waals surface area (Å²) in [7, 11) is -4.12. The first-order valence-electron chi connectivity index (χ1n) is 15.0. The number of fused-ring (bicyclic) bond motifs is 4. The monoisotopic (exact) mass is 606 g/mol. The van der Waals surface area contributed by atoms with Crippen LogP contribution in [0.25, 0.3) is 11.3 Å². The molecule has 230 valence electrons. The minimum absolute atomic E-state index is 0.0344. The Morgan fingerprint density at radius 3 is 2.35 bits per heavy atom. The van der Waals surface area contributed by atoms with E-state index in [-0.39, 0.29) is 59.4 Å². The molecule has 0 saturated heterocycles. The van der Waals surface area contributed by atoms with Crippen molar-refractivity contribution < 1.29 is 22.7 Å². The van der Waals surface area contributed by atoms with E-state index in [2.05, 4.69) is 28.5 Å². The van der Waals surface area contributed by atoms with Gasteiger partial charge in [-0.05, 0) is 89.1 Å². The second-order valence-corrected chi connectivity index (χ2v) is 14.1. The van der Waals surface area contributed by atoms with Crippen LogP contribution in [-0.4, -0.2) is 60.1 Å². The molecule has 4 bridgehead atoms. The van der Waals surface area contributed by atoms with Crippen molar-refractivity contribution >= 4 is 21.9 Å². The number of aryl methyl sites for hydroxylation is 2. The topological polar surface area (TPSA) is 111 Å². The highest BCUT2D eigenvalue weighted by Gasteiger charge is 2.41. The Hall–Kier alpha value is -3.50. The van der Waals surface area contributed by atoms with Crippen LogP contribution in [0.2, 0.25) is 0 Å². The van der Waals surface area contributed by atoms with Crippen molar-refractivity contribution in [1.82, 2.24) is 14.9 Å². The Morgan fingerprint density at radius 1 is 1.02 bits per heavy atom. The van der Waals surface area contributed by atoms with E-state index in [1.165, 1.54) is 12.1 Å². The van der Waals surface area contributed by atoms with Gasteiger partial charge in [-0.25, -0.2) is 18.1 Å². The van der Waals surface area contributed by atoms with E-state index in [0.717, 1.165) is 16.7 Å². The SMILES string of the molecule is Cc1cccc(C)c1-c1nc2nc(c1C)OC[C@@H](CC(C)C)N(C1CC(OC(C)C)C1)C(=O)c1cccc(c1)S(=O)(=O)N2. The van der Waals surface area contributed by atoms with E-state index in [1.807, 2.05) is 57.7 Å². The van der Waals surface area contributed by atoms with E-state index in [9.17, 15) is 13.2 Å². The van der Waals surface area contributed by atoms with Crippen LogP contribution in [0.15, 0.2) is 47.4 Å². The van der Waals surface area contributed by atoms with E-state index in [4.69, 9.17) is 9.47 Å². The molecular formula is C33H42N4O5S. The number of aromatic nitrogens is 2. The van der Waals surface area contributed by atoms with Gasteiger partial charge in [0.2, 0.25) is 11.8 Å². The second-order valence-electron chi connectivity index (χ2n) is 12.5. The lowest BCUT2D eigenvalue weighted by Crippen LogP contribution is -2.56. The van der Waals surface area contributed by atoms with E-state index >= 15 is 0 Å². The summed E-state index contributed by atoms with van der Waals surface area (Å²) in [4.78, 5) is 25.3. The van der Waals surface area contributed by atoms with Crippen molar-refractivity contribution in [1.29, 1.82) is 0 Å². The highest BCUT2D eigenvalue weighted by Crippen LogP contribution is 2.36. The highest BCUT2D eigenvalue weighted by atomic mass is 32.2. The zero-order chi connectivity index (χ0) is 31.1. The molecule has 1 atom stereocenters. The number of carbonyl (C=O) groups is 1. The summed E-state index contributed by atoms with van der Waals surface area (Å²) in [5.41, 5.74) is 4.52. The minimum atomic E-state index is -4.12. The zero-order valence-electron chi connectivity index (χ0n) is 26.0. The molecule has 1 amide bonds. The van der Waals surface area contributed by atoms with Crippen molar-refractivity contribution in [2.45, 2.75) is 96.9 Å². The summed E-state index contributed by atoms with van der Waals surface area (Å²) in [5, 5.41) is 0. The fourth-order valence-electron chi connectivity index (χ4n) is 6.11. The van der Waals surface area contributed by atoms with Crippen molar-refractivity contribution in [2.75, 3.05) is 11.3 Å². The van der Waals surface area contributed by atoms with Crippen LogP contribution in [0.3, 0.4) is 0 Å². The molecule has 2 aromatic carbocycles. The number of nitrogens with zero attached hydrogens (tertiary/aromatic N) is 3. The number of benzene rings is 2. The fraction of sp³-hybridized carbons (Fsp3) is 0.485. The molecule has 2 aliphatic rings. The zero-order valence-corrected chi connectivity index (χ0v) is 26.9. The van der Waals surface area contributed by atoms with E-state index in [0.29, 0.717) is 36.1 Å². The molecular weight excluding hydrogens is 564 g/mol. The van der Waals surface area contributed by atoms with Crippen LogP contribution in [0.5, 0.6) is 5.88 Å². The first-order chi connectivity index (χ1) is 20.3. The molecule has 0 spiro atoms. The maximum Gasteiger partial charge on any atom is 0.264 e. The van der Waals surface area contributed by atoms with Crippen LogP contribution in [-0.2, 0) is 14.8 Å². The maximum absolute atomic E-state index is 14.2. The Kier molecular flexibility index (Phi) is 8.81. The number of ether oxygens (including phenoxy) is 2. The summed E-state index contributed by atoms with van der Waals surface area (Å²) >= 11 is 0. The van der Waals surface area contributed by atoms with Gasteiger partial charge < -0.3 is 14.4 Å². The number of hydrogen-bond acceptors (Lipinski definition) is 7. The molecule has 3 aromatic rings. The summed E-state index contributed by atoms with van der Waals surface area (Å²) in [6.45, 7) is 14.4. The Balaban J connectivity index is 1.65. The average Bonchev–Trinajstić information content (AvgIpc) is 2.91. The molecule has 0 unspecified atom stereocenters. The van der Waals surface area contributed by atoms with Crippen molar-refractivity contribution in [3.05, 3.63) is 64.7 Å². The third-order valence-corrected chi connectivity index (χ3v) is 9.47. The molecule has 0 radical (unpaired) electrons. The highest BCUT2D eigenvalue weighted by molar-refractivity contribution is 7.92. The minimum Gasteiger partial charge on any atom is -0.475 e. The van der Waals surface area contributed by atoms with Crippen LogP contribution < -0.4 is 9.46 Å². The molecule has 1 aromatic heterocycles. The average molecular weight is 607 g/mol. The van der Waals surface area contributed by atoms with Crippen LogP contribution in [0, 0.1) is 26.7 Å². The lowest BCUT2D eigenvalue weighted by atomic mass is 9.85. The van der Waals surface area contributed by atoms with Crippen LogP contribution in [0.1, 0.15) is 74.0 Å². The molecule has 5 rings (SSSR count). The molecule has 2 heterocycles. The van der Waals surface area contributed by atoms with Gasteiger partial charge in [-0.2, -0.15) is 4.98 Å². The molecule has 10 heteroatoms. The summed E-state index contributed by atoms with van der Waals surface area (Å²) in [6, 6.07) is 11.8. The van der Waals surface area contributed by atoms with Gasteiger partial charge in [0.1, 0.15) is 6.61 Å². The number of carbonyl (C=O) groups excluding carboxylic acids is 1. The second kappa shape index (κ2) is 12.2. The largest absolute Gasteiger partial charge is 0.475 e. The van der Waals surface area contributed by atoms with Crippen LogP contribution in [0.4, 0.5) is 5.95 Å². The molecule has 1 aliphatic carbocycles. The van der Waals surface area contributed by atoms with Crippen molar-refractivity contribution in [2.24, 2.45) is 5.92 Å².